The summed E-state index contributed by atoms with van der Waals surface area (Å²) in [6.07, 6.45) is 1.49. The smallest absolute Gasteiger partial charge is 0.264 e. The van der Waals surface area contributed by atoms with E-state index in [4.69, 9.17) is 11.6 Å². The van der Waals surface area contributed by atoms with Gasteiger partial charge >= 0.3 is 0 Å². The summed E-state index contributed by atoms with van der Waals surface area (Å²) in [4.78, 5) is 11.0. The molecule has 0 saturated carbocycles. The average molecular weight is 311 g/mol. The largest absolute Gasteiger partial charge is 0.268 e. The standard InChI is InChI=1S/C13H11ClN2O3S/c1-9(7-10-3-2-4-11(14)8-10)20(18,19)13-6-5-12(17)15-16-13/h2-8H,1H3,(H,15,17). The summed E-state index contributed by atoms with van der Waals surface area (Å²) in [7, 11) is -3.73. The first-order chi connectivity index (χ1) is 9.39. The van der Waals surface area contributed by atoms with Gasteiger partial charge < -0.3 is 0 Å². The van der Waals surface area contributed by atoms with E-state index in [0.29, 0.717) is 10.6 Å². The van der Waals surface area contributed by atoms with Gasteiger partial charge in [-0.3, -0.25) is 4.79 Å². The van der Waals surface area contributed by atoms with Crippen molar-refractivity contribution in [2.24, 2.45) is 0 Å². The Morgan fingerprint density at radius 1 is 1.30 bits per heavy atom. The fourth-order valence-corrected chi connectivity index (χ4v) is 2.79. The average Bonchev–Trinajstić information content (AvgIpc) is 2.39. The van der Waals surface area contributed by atoms with Crippen molar-refractivity contribution in [2.45, 2.75) is 11.9 Å². The molecule has 0 aliphatic heterocycles. The first-order valence-electron chi connectivity index (χ1n) is 5.64. The van der Waals surface area contributed by atoms with Gasteiger partial charge in [0.25, 0.3) is 5.56 Å². The van der Waals surface area contributed by atoms with E-state index < -0.39 is 15.4 Å². The number of H-pyrrole nitrogens is 1. The molecule has 0 atom stereocenters. The lowest BCUT2D eigenvalue weighted by Gasteiger charge is -2.03. The summed E-state index contributed by atoms with van der Waals surface area (Å²) in [6, 6.07) is 9.11. The number of hydrogen-bond donors (Lipinski definition) is 1. The number of nitrogens with one attached hydrogen (secondary N) is 1. The molecule has 0 fully saturated rings. The van der Waals surface area contributed by atoms with Crippen molar-refractivity contribution in [3.05, 3.63) is 62.2 Å². The van der Waals surface area contributed by atoms with Crippen molar-refractivity contribution in [1.29, 1.82) is 0 Å². The molecular formula is C13H11ClN2O3S. The lowest BCUT2D eigenvalue weighted by atomic mass is 10.2. The third kappa shape index (κ3) is 3.15. The molecule has 5 nitrogen and oxygen atoms in total. The van der Waals surface area contributed by atoms with Crippen molar-refractivity contribution in [3.8, 4) is 0 Å². The maximum atomic E-state index is 12.2. The molecule has 0 amide bonds. The molecule has 0 saturated heterocycles. The highest BCUT2D eigenvalue weighted by Gasteiger charge is 2.18. The number of allylic oxidation sites excluding steroid dienone is 1. The Bertz CT molecular complexity index is 805. The van der Waals surface area contributed by atoms with Crippen LogP contribution in [0, 0.1) is 0 Å². The zero-order valence-corrected chi connectivity index (χ0v) is 12.1. The SMILES string of the molecule is CC(=Cc1cccc(Cl)c1)S(=O)(=O)c1ccc(=O)[nH]n1. The summed E-state index contributed by atoms with van der Waals surface area (Å²) in [5, 5.41) is 5.96. The first kappa shape index (κ1) is 14.5. The van der Waals surface area contributed by atoms with Crippen LogP contribution in [0.25, 0.3) is 6.08 Å². The molecule has 7 heteroatoms. The number of nitrogens with zero attached hydrogens (tertiary/aromatic N) is 1. The van der Waals surface area contributed by atoms with E-state index in [-0.39, 0.29) is 9.93 Å². The Morgan fingerprint density at radius 3 is 2.65 bits per heavy atom. The van der Waals surface area contributed by atoms with Gasteiger partial charge in [-0.15, -0.1) is 0 Å². The number of halogens is 1. The minimum atomic E-state index is -3.73. The summed E-state index contributed by atoms with van der Waals surface area (Å²) >= 11 is 5.85. The molecule has 20 heavy (non-hydrogen) atoms. The highest BCUT2D eigenvalue weighted by atomic mass is 35.5. The van der Waals surface area contributed by atoms with E-state index in [1.807, 2.05) is 0 Å². The Hall–Kier alpha value is -1.92. The number of benzene rings is 1. The summed E-state index contributed by atoms with van der Waals surface area (Å²) < 4.78 is 24.5. The number of aromatic amines is 1. The molecule has 0 radical (unpaired) electrons. The van der Waals surface area contributed by atoms with Crippen LogP contribution in [0.5, 0.6) is 0 Å². The van der Waals surface area contributed by atoms with E-state index in [0.717, 1.165) is 6.07 Å². The second-order valence-corrected chi connectivity index (χ2v) is 6.58. The van der Waals surface area contributed by atoms with Crippen molar-refractivity contribution < 1.29 is 8.42 Å². The second kappa shape index (κ2) is 5.60. The Balaban J connectivity index is 2.43. The van der Waals surface area contributed by atoms with Gasteiger partial charge in [-0.05, 0) is 36.8 Å². The summed E-state index contributed by atoms with van der Waals surface area (Å²) in [5.41, 5.74) is 0.212. The fraction of sp³-hybridized carbons (Fsp3) is 0.0769. The van der Waals surface area contributed by atoms with Crippen LogP contribution in [0.4, 0.5) is 0 Å². The highest BCUT2D eigenvalue weighted by Crippen LogP contribution is 2.20. The highest BCUT2D eigenvalue weighted by molar-refractivity contribution is 7.95. The predicted molar refractivity (Wildman–Crippen MR) is 77.1 cm³/mol. The molecule has 1 heterocycles. The van der Waals surface area contributed by atoms with Crippen LogP contribution in [0.2, 0.25) is 5.02 Å². The van der Waals surface area contributed by atoms with Crippen molar-refractivity contribution in [3.63, 3.8) is 0 Å². The van der Waals surface area contributed by atoms with Crippen LogP contribution < -0.4 is 5.56 Å². The first-order valence-corrected chi connectivity index (χ1v) is 7.50. The summed E-state index contributed by atoms with van der Waals surface area (Å²) in [5.74, 6) is 0. The molecule has 0 aliphatic carbocycles. The zero-order valence-electron chi connectivity index (χ0n) is 10.5. The topological polar surface area (TPSA) is 79.9 Å². The summed E-state index contributed by atoms with van der Waals surface area (Å²) in [6.45, 7) is 1.46. The van der Waals surface area contributed by atoms with Gasteiger partial charge in [-0.2, -0.15) is 5.10 Å². The molecular weight excluding hydrogens is 300 g/mol. The van der Waals surface area contributed by atoms with Gasteiger partial charge in [0.15, 0.2) is 5.03 Å². The van der Waals surface area contributed by atoms with E-state index in [2.05, 4.69) is 10.2 Å². The van der Waals surface area contributed by atoms with Crippen LogP contribution in [-0.4, -0.2) is 18.6 Å². The van der Waals surface area contributed by atoms with Crippen molar-refractivity contribution in [1.82, 2.24) is 10.2 Å². The molecule has 1 N–H and O–H groups in total. The molecule has 0 bridgehead atoms. The van der Waals surface area contributed by atoms with Gasteiger partial charge in [0.2, 0.25) is 9.84 Å². The van der Waals surface area contributed by atoms with Gasteiger partial charge in [0.05, 0.1) is 0 Å². The van der Waals surface area contributed by atoms with Crippen LogP contribution in [-0.2, 0) is 9.84 Å². The Labute approximate surface area is 120 Å². The molecule has 2 aromatic rings. The minimum Gasteiger partial charge on any atom is -0.268 e. The molecule has 0 spiro atoms. The lowest BCUT2D eigenvalue weighted by Crippen LogP contribution is -2.12. The molecule has 2 rings (SSSR count). The quantitative estimate of drug-likeness (QED) is 0.943. The molecule has 104 valence electrons. The van der Waals surface area contributed by atoms with E-state index in [1.165, 1.54) is 19.1 Å². The monoisotopic (exact) mass is 310 g/mol. The fourth-order valence-electron chi connectivity index (χ4n) is 1.55. The minimum absolute atomic E-state index is 0.110. The van der Waals surface area contributed by atoms with Gasteiger partial charge in [-0.25, -0.2) is 13.5 Å². The molecule has 0 aliphatic rings. The van der Waals surface area contributed by atoms with E-state index in [9.17, 15) is 13.2 Å². The van der Waals surface area contributed by atoms with E-state index >= 15 is 0 Å². The van der Waals surface area contributed by atoms with Crippen LogP contribution >= 0.6 is 11.6 Å². The molecule has 0 unspecified atom stereocenters. The predicted octanol–water partition coefficient (Wildman–Crippen LogP) is 2.26. The maximum absolute atomic E-state index is 12.2. The van der Waals surface area contributed by atoms with Crippen LogP contribution in [0.15, 0.2) is 51.1 Å². The number of hydrogen-bond acceptors (Lipinski definition) is 4. The normalized spacial score (nSPS) is 12.4. The Kier molecular flexibility index (Phi) is 4.06. The van der Waals surface area contributed by atoms with Crippen molar-refractivity contribution >= 4 is 27.5 Å². The number of rotatable bonds is 3. The van der Waals surface area contributed by atoms with Gasteiger partial charge in [0, 0.05) is 16.0 Å². The van der Waals surface area contributed by atoms with Crippen LogP contribution in [0.1, 0.15) is 12.5 Å². The number of sulfone groups is 1. The van der Waals surface area contributed by atoms with Gasteiger partial charge in [-0.1, -0.05) is 23.7 Å². The van der Waals surface area contributed by atoms with Crippen LogP contribution in [0.3, 0.4) is 0 Å². The maximum Gasteiger partial charge on any atom is 0.264 e. The molecule has 1 aromatic carbocycles. The molecule has 1 aromatic heterocycles. The number of aromatic nitrogens is 2. The van der Waals surface area contributed by atoms with E-state index in [1.54, 1.807) is 24.3 Å². The lowest BCUT2D eigenvalue weighted by molar-refractivity contribution is 0.596. The van der Waals surface area contributed by atoms with Gasteiger partial charge in [0.1, 0.15) is 0 Å². The van der Waals surface area contributed by atoms with Crippen molar-refractivity contribution in [2.75, 3.05) is 0 Å². The third-order valence-corrected chi connectivity index (χ3v) is 4.55. The zero-order chi connectivity index (χ0) is 14.8. The Morgan fingerprint density at radius 2 is 2.05 bits per heavy atom. The second-order valence-electron chi connectivity index (χ2n) is 4.07. The third-order valence-electron chi connectivity index (χ3n) is 2.57.